The van der Waals surface area contributed by atoms with Crippen molar-refractivity contribution in [1.82, 2.24) is 9.78 Å². The van der Waals surface area contributed by atoms with Crippen molar-refractivity contribution < 1.29 is 4.79 Å². The van der Waals surface area contributed by atoms with Crippen molar-refractivity contribution in [3.63, 3.8) is 0 Å². The molecule has 0 spiro atoms. The summed E-state index contributed by atoms with van der Waals surface area (Å²) in [6.07, 6.45) is 3.62. The van der Waals surface area contributed by atoms with Gasteiger partial charge in [0.05, 0.1) is 5.92 Å². The molecule has 4 heteroatoms. The van der Waals surface area contributed by atoms with E-state index >= 15 is 0 Å². The van der Waals surface area contributed by atoms with Crippen LogP contribution < -0.4 is 5.32 Å². The molecule has 4 nitrogen and oxygen atoms in total. The monoisotopic (exact) mass is 257 g/mol. The first-order chi connectivity index (χ1) is 9.20. The van der Waals surface area contributed by atoms with Crippen LogP contribution in [0.4, 0.5) is 5.82 Å². The molecule has 1 atom stereocenters. The van der Waals surface area contributed by atoms with E-state index in [-0.39, 0.29) is 11.8 Å². The van der Waals surface area contributed by atoms with E-state index in [2.05, 4.69) is 17.3 Å². The van der Waals surface area contributed by atoms with Crippen molar-refractivity contribution >= 4 is 11.7 Å². The zero-order valence-electron chi connectivity index (χ0n) is 11.3. The number of hydrogen-bond donors (Lipinski definition) is 1. The number of rotatable bonds is 5. The molecule has 0 aliphatic heterocycles. The maximum atomic E-state index is 12.4. The minimum Gasteiger partial charge on any atom is -0.309 e. The number of aryl methyl sites for hydroxylation is 1. The third-order valence-corrected chi connectivity index (χ3v) is 3.06. The van der Waals surface area contributed by atoms with Gasteiger partial charge in [0.15, 0.2) is 5.82 Å². The normalized spacial score (nSPS) is 12.1. The van der Waals surface area contributed by atoms with E-state index in [0.29, 0.717) is 5.82 Å². The first kappa shape index (κ1) is 13.3. The lowest BCUT2D eigenvalue weighted by molar-refractivity contribution is -0.117. The highest BCUT2D eigenvalue weighted by atomic mass is 16.2. The van der Waals surface area contributed by atoms with Crippen LogP contribution in [0.25, 0.3) is 0 Å². The van der Waals surface area contributed by atoms with Crippen molar-refractivity contribution in [1.29, 1.82) is 0 Å². The zero-order valence-corrected chi connectivity index (χ0v) is 11.3. The van der Waals surface area contributed by atoms with Crippen LogP contribution in [0.5, 0.6) is 0 Å². The maximum absolute atomic E-state index is 12.4. The fourth-order valence-corrected chi connectivity index (χ4v) is 2.12. The quantitative estimate of drug-likeness (QED) is 0.895. The summed E-state index contributed by atoms with van der Waals surface area (Å²) in [5, 5.41) is 7.05. The average molecular weight is 257 g/mol. The summed E-state index contributed by atoms with van der Waals surface area (Å²) in [5.74, 6) is 0.490. The largest absolute Gasteiger partial charge is 0.309 e. The van der Waals surface area contributed by atoms with Gasteiger partial charge in [0.2, 0.25) is 5.91 Å². The van der Waals surface area contributed by atoms with Crippen molar-refractivity contribution in [2.75, 3.05) is 5.32 Å². The number of benzene rings is 1. The van der Waals surface area contributed by atoms with Crippen LogP contribution in [0.15, 0.2) is 42.6 Å². The van der Waals surface area contributed by atoms with Gasteiger partial charge in [0.25, 0.3) is 0 Å². The lowest BCUT2D eigenvalue weighted by Crippen LogP contribution is -2.21. The predicted octanol–water partition coefficient (Wildman–Crippen LogP) is 2.94. The summed E-state index contributed by atoms with van der Waals surface area (Å²) in [4.78, 5) is 12.4. The summed E-state index contributed by atoms with van der Waals surface area (Å²) in [5.41, 5.74) is 1.05. The molecule has 1 N–H and O–H groups in total. The molecular weight excluding hydrogens is 238 g/mol. The van der Waals surface area contributed by atoms with Crippen LogP contribution in [0, 0.1) is 0 Å². The Balaban J connectivity index is 2.13. The number of amides is 1. The Kier molecular flexibility index (Phi) is 4.34. The second-order valence-corrected chi connectivity index (χ2v) is 4.62. The molecule has 0 radical (unpaired) electrons. The highest BCUT2D eigenvalue weighted by Crippen LogP contribution is 2.22. The van der Waals surface area contributed by atoms with E-state index in [9.17, 15) is 4.79 Å². The summed E-state index contributed by atoms with van der Waals surface area (Å²) in [7, 11) is 1.83. The van der Waals surface area contributed by atoms with Crippen LogP contribution in [-0.2, 0) is 11.8 Å². The Hall–Kier alpha value is -2.10. The van der Waals surface area contributed by atoms with Gasteiger partial charge >= 0.3 is 0 Å². The van der Waals surface area contributed by atoms with E-state index < -0.39 is 0 Å². The second kappa shape index (κ2) is 6.18. The van der Waals surface area contributed by atoms with Crippen LogP contribution in [0.1, 0.15) is 31.2 Å². The fourth-order valence-electron chi connectivity index (χ4n) is 2.12. The lowest BCUT2D eigenvalue weighted by atomic mass is 9.94. The predicted molar refractivity (Wildman–Crippen MR) is 75.9 cm³/mol. The molecule has 1 heterocycles. The van der Waals surface area contributed by atoms with Gasteiger partial charge < -0.3 is 5.32 Å². The SMILES string of the molecule is CCCC(C(=O)Nc1ccn(C)n1)c1ccccc1. The van der Waals surface area contributed by atoms with E-state index in [1.807, 2.05) is 43.6 Å². The molecule has 19 heavy (non-hydrogen) atoms. The van der Waals surface area contributed by atoms with E-state index in [1.54, 1.807) is 10.7 Å². The van der Waals surface area contributed by atoms with Crippen molar-refractivity contribution in [3.8, 4) is 0 Å². The fraction of sp³-hybridized carbons (Fsp3) is 0.333. The number of aromatic nitrogens is 2. The Labute approximate surface area is 113 Å². The topological polar surface area (TPSA) is 46.9 Å². The average Bonchev–Trinajstić information content (AvgIpc) is 2.82. The summed E-state index contributed by atoms with van der Waals surface area (Å²) < 4.78 is 1.67. The number of nitrogens with zero attached hydrogens (tertiary/aromatic N) is 2. The summed E-state index contributed by atoms with van der Waals surface area (Å²) in [6, 6.07) is 11.7. The van der Waals surface area contributed by atoms with Crippen LogP contribution in [0.2, 0.25) is 0 Å². The van der Waals surface area contributed by atoms with E-state index in [4.69, 9.17) is 0 Å². The van der Waals surface area contributed by atoms with Crippen molar-refractivity contribution in [3.05, 3.63) is 48.2 Å². The lowest BCUT2D eigenvalue weighted by Gasteiger charge is -2.15. The van der Waals surface area contributed by atoms with E-state index in [1.165, 1.54) is 0 Å². The van der Waals surface area contributed by atoms with Crippen molar-refractivity contribution in [2.45, 2.75) is 25.7 Å². The van der Waals surface area contributed by atoms with Crippen LogP contribution in [-0.4, -0.2) is 15.7 Å². The van der Waals surface area contributed by atoms with Gasteiger partial charge in [0.1, 0.15) is 0 Å². The van der Waals surface area contributed by atoms with Crippen LogP contribution in [0.3, 0.4) is 0 Å². The molecule has 1 aromatic carbocycles. The molecule has 1 amide bonds. The van der Waals surface area contributed by atoms with Gasteiger partial charge in [-0.15, -0.1) is 0 Å². The molecular formula is C15H19N3O. The molecule has 0 aliphatic rings. The highest BCUT2D eigenvalue weighted by Gasteiger charge is 2.20. The number of nitrogens with one attached hydrogen (secondary N) is 1. The molecule has 100 valence electrons. The van der Waals surface area contributed by atoms with Gasteiger partial charge in [-0.2, -0.15) is 5.10 Å². The summed E-state index contributed by atoms with van der Waals surface area (Å²) in [6.45, 7) is 2.09. The molecule has 0 saturated carbocycles. The molecule has 0 saturated heterocycles. The molecule has 0 fully saturated rings. The van der Waals surface area contributed by atoms with Gasteiger partial charge in [0, 0.05) is 19.3 Å². The third kappa shape index (κ3) is 3.44. The van der Waals surface area contributed by atoms with Crippen molar-refractivity contribution in [2.24, 2.45) is 7.05 Å². The molecule has 1 aromatic heterocycles. The van der Waals surface area contributed by atoms with Gasteiger partial charge in [-0.1, -0.05) is 43.7 Å². The van der Waals surface area contributed by atoms with Gasteiger partial charge in [-0.05, 0) is 12.0 Å². The molecule has 2 aromatic rings. The Morgan fingerprint density at radius 1 is 1.32 bits per heavy atom. The molecule has 0 bridgehead atoms. The molecule has 0 aliphatic carbocycles. The molecule has 2 rings (SSSR count). The van der Waals surface area contributed by atoms with Gasteiger partial charge in [-0.3, -0.25) is 9.48 Å². The Morgan fingerprint density at radius 3 is 2.63 bits per heavy atom. The first-order valence-electron chi connectivity index (χ1n) is 6.56. The second-order valence-electron chi connectivity index (χ2n) is 4.62. The number of hydrogen-bond acceptors (Lipinski definition) is 2. The van der Waals surface area contributed by atoms with E-state index in [0.717, 1.165) is 18.4 Å². The van der Waals surface area contributed by atoms with Gasteiger partial charge in [-0.25, -0.2) is 0 Å². The smallest absolute Gasteiger partial charge is 0.233 e. The minimum atomic E-state index is -0.117. The maximum Gasteiger partial charge on any atom is 0.233 e. The number of anilines is 1. The third-order valence-electron chi connectivity index (χ3n) is 3.06. The zero-order chi connectivity index (χ0) is 13.7. The Bertz CT molecular complexity index is 533. The number of carbonyl (C=O) groups excluding carboxylic acids is 1. The summed E-state index contributed by atoms with van der Waals surface area (Å²) >= 11 is 0. The highest BCUT2D eigenvalue weighted by molar-refractivity contribution is 5.95. The Morgan fingerprint density at radius 2 is 2.05 bits per heavy atom. The van der Waals surface area contributed by atoms with Crippen LogP contribution >= 0.6 is 0 Å². The minimum absolute atomic E-state index is 0.00625. The standard InChI is InChI=1S/C15H19N3O/c1-3-7-13(12-8-5-4-6-9-12)15(19)16-14-10-11-18(2)17-14/h4-6,8-11,13H,3,7H2,1-2H3,(H,16,17,19). The first-order valence-corrected chi connectivity index (χ1v) is 6.56. The molecule has 1 unspecified atom stereocenters. The number of carbonyl (C=O) groups is 1.